The molecule has 4 rings (SSSR count). The van der Waals surface area contributed by atoms with Crippen molar-refractivity contribution in [1.29, 1.82) is 0 Å². The lowest BCUT2D eigenvalue weighted by Gasteiger charge is -2.26. The Morgan fingerprint density at radius 3 is 2.41 bits per heavy atom. The van der Waals surface area contributed by atoms with Gasteiger partial charge in [0.1, 0.15) is 23.1 Å². The van der Waals surface area contributed by atoms with Gasteiger partial charge in [-0.15, -0.1) is 11.3 Å². The van der Waals surface area contributed by atoms with E-state index in [0.29, 0.717) is 17.0 Å². The zero-order valence-corrected chi connectivity index (χ0v) is 16.6. The molecule has 0 bridgehead atoms. The molecule has 2 heterocycles. The fraction of sp³-hybridized carbons (Fsp3) is 0.0952. The first-order chi connectivity index (χ1) is 15.2. The lowest BCUT2D eigenvalue weighted by molar-refractivity contribution is -0.117. The summed E-state index contributed by atoms with van der Waals surface area (Å²) < 4.78 is 61.4. The lowest BCUT2D eigenvalue weighted by Crippen LogP contribution is -2.43. The van der Waals surface area contributed by atoms with E-state index < -0.39 is 64.7 Å². The average Bonchev–Trinajstić information content (AvgIpc) is 3.14. The van der Waals surface area contributed by atoms with Gasteiger partial charge in [0, 0.05) is 12.1 Å². The zero-order chi connectivity index (χ0) is 23.2. The fourth-order valence-electron chi connectivity index (χ4n) is 3.25. The van der Waals surface area contributed by atoms with E-state index in [1.807, 2.05) is 0 Å². The Bertz CT molecular complexity index is 1270. The van der Waals surface area contributed by atoms with E-state index >= 15 is 0 Å². The molecule has 2 aromatic carbocycles. The number of halogens is 4. The number of amides is 2. The highest BCUT2D eigenvalue weighted by atomic mass is 32.1. The third kappa shape index (κ3) is 3.60. The van der Waals surface area contributed by atoms with E-state index in [9.17, 15) is 37.1 Å². The number of carboxylic acid groups (broad SMARTS) is 1. The van der Waals surface area contributed by atoms with E-state index in [0.717, 1.165) is 29.5 Å². The Labute approximate surface area is 181 Å². The predicted octanol–water partition coefficient (Wildman–Crippen LogP) is 4.31. The molecule has 0 saturated heterocycles. The van der Waals surface area contributed by atoms with E-state index in [2.05, 4.69) is 0 Å². The minimum Gasteiger partial charge on any atom is -0.486 e. The number of rotatable bonds is 5. The number of carboxylic acids is 1. The highest BCUT2D eigenvalue weighted by molar-refractivity contribution is 7.12. The van der Waals surface area contributed by atoms with Crippen LogP contribution < -0.4 is 9.64 Å². The highest BCUT2D eigenvalue weighted by Crippen LogP contribution is 2.35. The van der Waals surface area contributed by atoms with Crippen LogP contribution in [0.25, 0.3) is 0 Å². The molecule has 0 fully saturated rings. The average molecular weight is 465 g/mol. The summed E-state index contributed by atoms with van der Waals surface area (Å²) in [6, 6.07) is 4.12. The molecule has 1 aromatic heterocycles. The second kappa shape index (κ2) is 8.08. The van der Waals surface area contributed by atoms with Gasteiger partial charge in [-0.05, 0) is 23.1 Å². The molecule has 32 heavy (non-hydrogen) atoms. The van der Waals surface area contributed by atoms with Gasteiger partial charge in [0.05, 0.1) is 23.2 Å². The number of ether oxygens (including phenoxy) is 1. The molecule has 1 aliphatic heterocycles. The first-order valence-electron chi connectivity index (χ1n) is 8.94. The number of imide groups is 1. The minimum atomic E-state index is -1.39. The number of aromatic carboxylic acids is 1. The first-order valence-corrected chi connectivity index (χ1v) is 9.82. The first kappa shape index (κ1) is 21.5. The smallest absolute Gasteiger partial charge is 0.346 e. The molecular formula is C21H11F4NO5S. The van der Waals surface area contributed by atoms with Crippen LogP contribution in [-0.2, 0) is 17.8 Å². The maximum Gasteiger partial charge on any atom is 0.346 e. The van der Waals surface area contributed by atoms with Gasteiger partial charge in [0.2, 0.25) is 5.91 Å². The number of anilines is 1. The molecule has 0 unspecified atom stereocenters. The van der Waals surface area contributed by atoms with Gasteiger partial charge in [0.25, 0.3) is 5.91 Å². The summed E-state index contributed by atoms with van der Waals surface area (Å²) in [7, 11) is 0. The maximum absolute atomic E-state index is 14.5. The number of nitrogens with zero attached hydrogens (tertiary/aromatic N) is 1. The number of benzene rings is 2. The molecule has 0 radical (unpaired) electrons. The van der Waals surface area contributed by atoms with Crippen LogP contribution in [0.4, 0.5) is 23.2 Å². The summed E-state index contributed by atoms with van der Waals surface area (Å²) in [5.74, 6) is -8.43. The van der Waals surface area contributed by atoms with Crippen molar-refractivity contribution in [3.05, 3.63) is 80.5 Å². The van der Waals surface area contributed by atoms with Crippen LogP contribution in [0.1, 0.15) is 31.2 Å². The molecule has 11 heteroatoms. The number of hydrogen-bond acceptors (Lipinski definition) is 5. The van der Waals surface area contributed by atoms with Crippen LogP contribution in [0.3, 0.4) is 0 Å². The molecule has 1 N–H and O–H groups in total. The molecule has 0 aliphatic carbocycles. The van der Waals surface area contributed by atoms with Gasteiger partial charge < -0.3 is 9.84 Å². The second-order valence-electron chi connectivity index (χ2n) is 6.70. The molecule has 1 aliphatic rings. The van der Waals surface area contributed by atoms with Crippen LogP contribution in [0, 0.1) is 23.3 Å². The van der Waals surface area contributed by atoms with Gasteiger partial charge in [-0.3, -0.25) is 9.59 Å². The van der Waals surface area contributed by atoms with Gasteiger partial charge in [0.15, 0.2) is 17.4 Å². The minimum absolute atomic E-state index is 0.188. The number of carbonyl (C=O) groups is 3. The Kier molecular flexibility index (Phi) is 5.43. The zero-order valence-electron chi connectivity index (χ0n) is 15.8. The summed E-state index contributed by atoms with van der Waals surface area (Å²) in [5, 5.41) is 10.6. The predicted molar refractivity (Wildman–Crippen MR) is 104 cm³/mol. The van der Waals surface area contributed by atoms with E-state index in [-0.39, 0.29) is 22.4 Å². The third-order valence-corrected chi connectivity index (χ3v) is 5.76. The highest BCUT2D eigenvalue weighted by Gasteiger charge is 2.38. The topological polar surface area (TPSA) is 83.9 Å². The summed E-state index contributed by atoms with van der Waals surface area (Å²) >= 11 is 0.746. The fourth-order valence-corrected chi connectivity index (χ4v) is 4.15. The van der Waals surface area contributed by atoms with Gasteiger partial charge >= 0.3 is 5.97 Å². The quantitative estimate of drug-likeness (QED) is 0.449. The Balaban J connectivity index is 1.71. The summed E-state index contributed by atoms with van der Waals surface area (Å²) in [5.41, 5.74) is -1.26. The molecule has 3 aromatic rings. The van der Waals surface area contributed by atoms with Crippen LogP contribution in [0.2, 0.25) is 0 Å². The molecule has 0 atom stereocenters. The van der Waals surface area contributed by atoms with Crippen molar-refractivity contribution in [1.82, 2.24) is 0 Å². The SMILES string of the molecule is O=C(O)c1scc2c1C(=O)N(c1cc(OCc3c(F)cccc3F)c(F)cc1F)C(=O)C2. The van der Waals surface area contributed by atoms with Crippen molar-refractivity contribution >= 4 is 34.8 Å². The Hall–Kier alpha value is -3.73. The van der Waals surface area contributed by atoms with Crippen molar-refractivity contribution in [2.24, 2.45) is 0 Å². The van der Waals surface area contributed by atoms with Crippen LogP contribution in [0.5, 0.6) is 5.75 Å². The van der Waals surface area contributed by atoms with Crippen LogP contribution in [0.15, 0.2) is 35.7 Å². The molecule has 6 nitrogen and oxygen atoms in total. The summed E-state index contributed by atoms with van der Waals surface area (Å²) in [6.45, 7) is -0.750. The van der Waals surface area contributed by atoms with E-state index in [4.69, 9.17) is 4.74 Å². The van der Waals surface area contributed by atoms with Crippen LogP contribution >= 0.6 is 11.3 Å². The molecule has 2 amide bonds. The number of thiophene rings is 1. The second-order valence-corrected chi connectivity index (χ2v) is 7.58. The van der Waals surface area contributed by atoms with Crippen molar-refractivity contribution in [2.75, 3.05) is 4.90 Å². The van der Waals surface area contributed by atoms with Gasteiger partial charge in [-0.1, -0.05) is 6.07 Å². The largest absolute Gasteiger partial charge is 0.486 e. The van der Waals surface area contributed by atoms with Gasteiger partial charge in [-0.25, -0.2) is 27.3 Å². The molecule has 0 saturated carbocycles. The van der Waals surface area contributed by atoms with Crippen LogP contribution in [-0.4, -0.2) is 22.9 Å². The normalized spacial score (nSPS) is 13.3. The number of hydrogen-bond donors (Lipinski definition) is 1. The van der Waals surface area contributed by atoms with Gasteiger partial charge in [-0.2, -0.15) is 0 Å². The third-order valence-electron chi connectivity index (χ3n) is 4.75. The Morgan fingerprint density at radius 2 is 1.75 bits per heavy atom. The Morgan fingerprint density at radius 1 is 1.06 bits per heavy atom. The van der Waals surface area contributed by atoms with Crippen molar-refractivity contribution in [2.45, 2.75) is 13.0 Å². The summed E-state index contributed by atoms with van der Waals surface area (Å²) in [6.07, 6.45) is -0.377. The monoisotopic (exact) mass is 465 g/mol. The number of fused-ring (bicyclic) bond motifs is 1. The van der Waals surface area contributed by atoms with Crippen molar-refractivity contribution in [3.63, 3.8) is 0 Å². The molecule has 164 valence electrons. The summed E-state index contributed by atoms with van der Waals surface area (Å²) in [4.78, 5) is 36.9. The molecular weight excluding hydrogens is 454 g/mol. The van der Waals surface area contributed by atoms with Crippen molar-refractivity contribution < 1.29 is 41.8 Å². The number of carbonyl (C=O) groups excluding carboxylic acids is 2. The van der Waals surface area contributed by atoms with Crippen molar-refractivity contribution in [3.8, 4) is 5.75 Å². The standard InChI is InChI=1S/C21H11F4NO5S/c22-11-2-1-3-12(23)10(11)7-31-16-6-15(13(24)5-14(16)25)26-17(27)4-9-8-32-19(21(29)30)18(9)20(26)28/h1-3,5-6,8H,4,7H2,(H,29,30). The maximum atomic E-state index is 14.5. The van der Waals surface area contributed by atoms with E-state index in [1.54, 1.807) is 0 Å². The molecule has 0 spiro atoms. The lowest BCUT2D eigenvalue weighted by atomic mass is 10.0. The van der Waals surface area contributed by atoms with E-state index in [1.165, 1.54) is 5.38 Å².